The topological polar surface area (TPSA) is 118 Å². The third kappa shape index (κ3) is 3.90. The maximum Gasteiger partial charge on any atom is 0.417 e. The number of pyridine rings is 1. The van der Waals surface area contributed by atoms with Gasteiger partial charge in [-0.2, -0.15) is 33.5 Å². The van der Waals surface area contributed by atoms with Crippen LogP contribution in [0.3, 0.4) is 0 Å². The number of alkyl halides is 3. The average Bonchev–Trinajstić information content (AvgIpc) is 3.13. The number of nitrogens with zero attached hydrogens (tertiary/aromatic N) is 6. The molecule has 0 amide bonds. The number of anilines is 2. The van der Waals surface area contributed by atoms with Gasteiger partial charge in [0.15, 0.2) is 11.6 Å². The predicted octanol–water partition coefficient (Wildman–Crippen LogP) is 2.80. The van der Waals surface area contributed by atoms with Crippen molar-refractivity contribution < 1.29 is 13.2 Å². The number of nitrogens with two attached hydrogens (primary N) is 1. The third-order valence-electron chi connectivity index (χ3n) is 3.41. The van der Waals surface area contributed by atoms with Crippen LogP contribution in [-0.2, 0) is 12.7 Å². The number of halogens is 4. The Morgan fingerprint density at radius 3 is 2.70 bits per heavy atom. The van der Waals surface area contributed by atoms with Gasteiger partial charge < -0.3 is 11.1 Å². The van der Waals surface area contributed by atoms with Gasteiger partial charge >= 0.3 is 6.18 Å². The van der Waals surface area contributed by atoms with Gasteiger partial charge in [0.2, 0.25) is 5.95 Å². The maximum absolute atomic E-state index is 12.7. The summed E-state index contributed by atoms with van der Waals surface area (Å²) in [6.07, 6.45) is -0.799. The van der Waals surface area contributed by atoms with Crippen LogP contribution in [0, 0.1) is 11.3 Å². The predicted molar refractivity (Wildman–Crippen MR) is 89.9 cm³/mol. The highest BCUT2D eigenvalue weighted by atomic mass is 35.5. The molecule has 0 unspecified atom stereocenters. The van der Waals surface area contributed by atoms with E-state index in [1.807, 2.05) is 6.07 Å². The first-order valence-electron chi connectivity index (χ1n) is 7.32. The summed E-state index contributed by atoms with van der Waals surface area (Å²) in [6, 6.07) is 4.37. The van der Waals surface area contributed by atoms with Crippen molar-refractivity contribution in [3.8, 4) is 11.9 Å². The first kappa shape index (κ1) is 18.4. The van der Waals surface area contributed by atoms with Crippen molar-refractivity contribution in [2.45, 2.75) is 12.7 Å². The molecule has 8 nitrogen and oxygen atoms in total. The Kier molecular flexibility index (Phi) is 4.83. The summed E-state index contributed by atoms with van der Waals surface area (Å²) in [7, 11) is 0. The molecule has 0 radical (unpaired) electrons. The van der Waals surface area contributed by atoms with Crippen LogP contribution in [0.4, 0.5) is 24.9 Å². The van der Waals surface area contributed by atoms with Crippen molar-refractivity contribution in [3.63, 3.8) is 0 Å². The second-order valence-corrected chi connectivity index (χ2v) is 5.60. The molecule has 0 spiro atoms. The minimum absolute atomic E-state index is 0.0518. The number of hydrogen-bond acceptors (Lipinski definition) is 7. The smallest absolute Gasteiger partial charge is 0.368 e. The van der Waals surface area contributed by atoms with Gasteiger partial charge in [-0.15, -0.1) is 0 Å². The zero-order chi connectivity index (χ0) is 19.6. The molecule has 138 valence electrons. The van der Waals surface area contributed by atoms with Crippen molar-refractivity contribution in [1.82, 2.24) is 24.7 Å². The molecular weight excluding hydrogens is 385 g/mol. The highest BCUT2D eigenvalue weighted by Crippen LogP contribution is 2.31. The van der Waals surface area contributed by atoms with Crippen molar-refractivity contribution in [3.05, 3.63) is 52.6 Å². The van der Waals surface area contributed by atoms with E-state index in [4.69, 9.17) is 17.3 Å². The molecule has 0 saturated heterocycles. The molecule has 3 aromatic heterocycles. The molecule has 3 N–H and O–H groups in total. The van der Waals surface area contributed by atoms with Gasteiger partial charge in [0, 0.05) is 18.6 Å². The standard InChI is InChI=1S/C15H10ClF3N8/c16-10-4-8(15(17,18)19)6-22-11(10)7-23-12-9(5-20)13(26-14(21)25-12)27-3-1-2-24-27/h1-4,6H,7H2,(H3,21,23,25,26). The molecule has 0 fully saturated rings. The molecule has 0 aliphatic heterocycles. The van der Waals surface area contributed by atoms with Crippen LogP contribution in [0.15, 0.2) is 30.7 Å². The summed E-state index contributed by atoms with van der Waals surface area (Å²) in [5.41, 5.74) is 4.92. The molecule has 3 rings (SSSR count). The molecule has 0 aliphatic carbocycles. The van der Waals surface area contributed by atoms with Crippen LogP contribution >= 0.6 is 11.6 Å². The van der Waals surface area contributed by atoms with Crippen LogP contribution in [0.1, 0.15) is 16.8 Å². The molecule has 3 heterocycles. The molecule has 0 bridgehead atoms. The zero-order valence-electron chi connectivity index (χ0n) is 13.4. The maximum atomic E-state index is 12.7. The lowest BCUT2D eigenvalue weighted by Gasteiger charge is -2.12. The lowest BCUT2D eigenvalue weighted by Crippen LogP contribution is -2.13. The van der Waals surface area contributed by atoms with Crippen LogP contribution in [-0.4, -0.2) is 24.7 Å². The second-order valence-electron chi connectivity index (χ2n) is 5.20. The minimum atomic E-state index is -4.55. The lowest BCUT2D eigenvalue weighted by atomic mass is 10.2. The molecule has 0 saturated carbocycles. The summed E-state index contributed by atoms with van der Waals surface area (Å²) in [5, 5.41) is 16.1. The van der Waals surface area contributed by atoms with E-state index in [1.165, 1.54) is 10.9 Å². The van der Waals surface area contributed by atoms with E-state index < -0.39 is 11.7 Å². The van der Waals surface area contributed by atoms with Crippen LogP contribution < -0.4 is 11.1 Å². The van der Waals surface area contributed by atoms with E-state index in [0.717, 1.165) is 6.07 Å². The SMILES string of the molecule is N#Cc1c(NCc2ncc(C(F)(F)F)cc2Cl)nc(N)nc1-n1cccn1. The summed E-state index contributed by atoms with van der Waals surface area (Å²) in [4.78, 5) is 11.7. The molecule has 12 heteroatoms. The number of aromatic nitrogens is 5. The van der Waals surface area contributed by atoms with Crippen LogP contribution in [0.25, 0.3) is 5.82 Å². The Morgan fingerprint density at radius 1 is 1.33 bits per heavy atom. The van der Waals surface area contributed by atoms with Crippen LogP contribution in [0.5, 0.6) is 0 Å². The Hall–Kier alpha value is -3.39. The first-order valence-corrected chi connectivity index (χ1v) is 7.70. The van der Waals surface area contributed by atoms with Crippen molar-refractivity contribution in [1.29, 1.82) is 5.26 Å². The Bertz CT molecular complexity index is 1010. The zero-order valence-corrected chi connectivity index (χ0v) is 14.1. The van der Waals surface area contributed by atoms with Gasteiger partial charge in [0.25, 0.3) is 0 Å². The minimum Gasteiger partial charge on any atom is -0.368 e. The molecule has 27 heavy (non-hydrogen) atoms. The number of nitrogens with one attached hydrogen (secondary N) is 1. The first-order chi connectivity index (χ1) is 12.8. The average molecular weight is 395 g/mol. The normalized spacial score (nSPS) is 11.2. The summed E-state index contributed by atoms with van der Waals surface area (Å²) in [6.45, 7) is -0.0827. The van der Waals surface area contributed by atoms with E-state index in [-0.39, 0.29) is 40.4 Å². The number of hydrogen-bond donors (Lipinski definition) is 2. The van der Waals surface area contributed by atoms with Crippen molar-refractivity contribution in [2.24, 2.45) is 0 Å². The molecular formula is C15H10ClF3N8. The van der Waals surface area contributed by atoms with Gasteiger partial charge in [-0.25, -0.2) is 4.68 Å². The van der Waals surface area contributed by atoms with E-state index in [1.54, 1.807) is 12.3 Å². The number of rotatable bonds is 4. The number of nitriles is 1. The molecule has 0 aromatic carbocycles. The van der Waals surface area contributed by atoms with Gasteiger partial charge in [-0.1, -0.05) is 11.6 Å². The fourth-order valence-electron chi connectivity index (χ4n) is 2.18. The van der Waals surface area contributed by atoms with Crippen LogP contribution in [0.2, 0.25) is 5.02 Å². The Morgan fingerprint density at radius 2 is 2.11 bits per heavy atom. The summed E-state index contributed by atoms with van der Waals surface area (Å²) < 4.78 is 39.4. The monoisotopic (exact) mass is 394 g/mol. The van der Waals surface area contributed by atoms with E-state index >= 15 is 0 Å². The largest absolute Gasteiger partial charge is 0.417 e. The third-order valence-corrected chi connectivity index (χ3v) is 3.74. The molecule has 0 aliphatic rings. The molecule has 0 atom stereocenters. The molecule has 3 aromatic rings. The van der Waals surface area contributed by atoms with Gasteiger partial charge in [0.1, 0.15) is 11.6 Å². The fourth-order valence-corrected chi connectivity index (χ4v) is 2.41. The quantitative estimate of drug-likeness (QED) is 0.698. The fraction of sp³-hybridized carbons (Fsp3) is 0.133. The van der Waals surface area contributed by atoms with E-state index in [9.17, 15) is 18.4 Å². The summed E-state index contributed by atoms with van der Waals surface area (Å²) in [5.74, 6) is 0.116. The Balaban J connectivity index is 1.90. The number of nitrogen functional groups attached to an aromatic ring is 1. The van der Waals surface area contributed by atoms with Gasteiger partial charge in [-0.05, 0) is 12.1 Å². The van der Waals surface area contributed by atoms with Crippen molar-refractivity contribution >= 4 is 23.4 Å². The van der Waals surface area contributed by atoms with Gasteiger partial charge in [-0.3, -0.25) is 4.98 Å². The van der Waals surface area contributed by atoms with E-state index in [0.29, 0.717) is 6.20 Å². The highest BCUT2D eigenvalue weighted by Gasteiger charge is 2.31. The van der Waals surface area contributed by atoms with Crippen molar-refractivity contribution in [2.75, 3.05) is 11.1 Å². The van der Waals surface area contributed by atoms with Gasteiger partial charge in [0.05, 0.1) is 22.8 Å². The second kappa shape index (κ2) is 7.08. The highest BCUT2D eigenvalue weighted by molar-refractivity contribution is 6.31. The van der Waals surface area contributed by atoms with E-state index in [2.05, 4.69) is 25.4 Å². The lowest BCUT2D eigenvalue weighted by molar-refractivity contribution is -0.137. The summed E-state index contributed by atoms with van der Waals surface area (Å²) >= 11 is 5.88. The Labute approximate surface area is 155 Å².